The molecular formula is C25H26O3. The first kappa shape index (κ1) is 19.8. The maximum absolute atomic E-state index is 12.6. The number of hydrogen-bond donors (Lipinski definition) is 0. The second-order valence-electron chi connectivity index (χ2n) is 8.14. The zero-order valence-electron chi connectivity index (χ0n) is 16.9. The van der Waals surface area contributed by atoms with Gasteiger partial charge in [0.1, 0.15) is 0 Å². The summed E-state index contributed by atoms with van der Waals surface area (Å²) in [6.07, 6.45) is -0.676. The molecule has 0 heterocycles. The van der Waals surface area contributed by atoms with Crippen LogP contribution in [0.2, 0.25) is 0 Å². The average Bonchev–Trinajstić information content (AvgIpc) is 2.67. The van der Waals surface area contributed by atoms with E-state index in [0.717, 1.165) is 21.9 Å². The Hall–Kier alpha value is -2.94. The fourth-order valence-electron chi connectivity index (χ4n) is 3.26. The topological polar surface area (TPSA) is 43.4 Å². The van der Waals surface area contributed by atoms with Crippen molar-refractivity contribution in [2.75, 3.05) is 0 Å². The van der Waals surface area contributed by atoms with Crippen LogP contribution < -0.4 is 0 Å². The molecule has 3 rings (SSSR count). The summed E-state index contributed by atoms with van der Waals surface area (Å²) in [7, 11) is 0. The molecule has 0 saturated carbocycles. The quantitative estimate of drug-likeness (QED) is 0.438. The van der Waals surface area contributed by atoms with Crippen molar-refractivity contribution < 1.29 is 14.3 Å². The Morgan fingerprint density at radius 3 is 2.21 bits per heavy atom. The predicted octanol–water partition coefficient (Wildman–Crippen LogP) is 5.49. The lowest BCUT2D eigenvalue weighted by molar-refractivity contribution is -0.145. The minimum absolute atomic E-state index is 0.0259. The Balaban J connectivity index is 1.67. The number of Topliss-reactive ketones (excluding diaryl/α,β-unsaturated/α-hetero) is 1. The van der Waals surface area contributed by atoms with E-state index in [1.165, 1.54) is 0 Å². The molecule has 0 aliphatic carbocycles. The summed E-state index contributed by atoms with van der Waals surface area (Å²) in [5.41, 5.74) is 2.64. The van der Waals surface area contributed by atoms with E-state index >= 15 is 0 Å². The summed E-state index contributed by atoms with van der Waals surface area (Å²) in [5.74, 6) is -0.588. The van der Waals surface area contributed by atoms with Crippen LogP contribution in [0, 0.1) is 0 Å². The number of carbonyl (C=O) groups is 2. The number of carbonyl (C=O) groups excluding carboxylic acids is 2. The maximum Gasteiger partial charge on any atom is 0.310 e. The number of rotatable bonds is 5. The van der Waals surface area contributed by atoms with Gasteiger partial charge in [-0.15, -0.1) is 0 Å². The summed E-state index contributed by atoms with van der Waals surface area (Å²) in [5, 5.41) is 2.11. The third-order valence-electron chi connectivity index (χ3n) is 4.93. The van der Waals surface area contributed by atoms with E-state index in [1.54, 1.807) is 19.1 Å². The maximum atomic E-state index is 12.6. The summed E-state index contributed by atoms with van der Waals surface area (Å²) in [4.78, 5) is 25.0. The molecule has 0 aliphatic heterocycles. The van der Waals surface area contributed by atoms with Gasteiger partial charge in [-0.3, -0.25) is 9.59 Å². The third kappa shape index (κ3) is 4.48. The Labute approximate surface area is 166 Å². The Morgan fingerprint density at radius 1 is 0.893 bits per heavy atom. The second-order valence-corrected chi connectivity index (χ2v) is 8.14. The lowest BCUT2D eigenvalue weighted by Gasteiger charge is -2.19. The monoisotopic (exact) mass is 374 g/mol. The van der Waals surface area contributed by atoms with Crippen molar-refractivity contribution in [3.8, 4) is 0 Å². The van der Waals surface area contributed by atoms with Gasteiger partial charge < -0.3 is 4.74 Å². The molecular weight excluding hydrogens is 348 g/mol. The zero-order chi connectivity index (χ0) is 20.3. The molecule has 144 valence electrons. The molecule has 28 heavy (non-hydrogen) atoms. The summed E-state index contributed by atoms with van der Waals surface area (Å²) >= 11 is 0. The molecule has 3 aromatic carbocycles. The molecule has 3 nitrogen and oxygen atoms in total. The normalized spacial score (nSPS) is 12.6. The molecule has 0 aromatic heterocycles. The molecule has 0 bridgehead atoms. The van der Waals surface area contributed by atoms with Gasteiger partial charge in [0, 0.05) is 5.56 Å². The number of hydrogen-bond acceptors (Lipinski definition) is 3. The van der Waals surface area contributed by atoms with Crippen LogP contribution >= 0.6 is 0 Å². The van der Waals surface area contributed by atoms with Crippen LogP contribution in [0.1, 0.15) is 49.2 Å². The van der Waals surface area contributed by atoms with Crippen LogP contribution in [0.15, 0.2) is 66.7 Å². The summed E-state index contributed by atoms with van der Waals surface area (Å²) in [6, 6.07) is 21.3. The number of esters is 1. The first-order valence-corrected chi connectivity index (χ1v) is 9.56. The standard InChI is InChI=1S/C25H26O3/c1-17(24(27)19-12-14-21(15-13-19)25(2,3)4)28-23(26)16-20-10-7-9-18-8-5-6-11-22(18)20/h5-15,17H,16H2,1-4H3/t17-/m1/s1. The minimum Gasteiger partial charge on any atom is -0.454 e. The van der Waals surface area contributed by atoms with Crippen molar-refractivity contribution in [2.24, 2.45) is 0 Å². The smallest absolute Gasteiger partial charge is 0.310 e. The Morgan fingerprint density at radius 2 is 1.54 bits per heavy atom. The van der Waals surface area contributed by atoms with Crippen molar-refractivity contribution in [1.29, 1.82) is 0 Å². The van der Waals surface area contributed by atoms with Gasteiger partial charge in [0.15, 0.2) is 6.10 Å². The van der Waals surface area contributed by atoms with Crippen LogP contribution in [-0.2, 0) is 21.4 Å². The molecule has 0 fully saturated rings. The highest BCUT2D eigenvalue weighted by atomic mass is 16.5. The highest BCUT2D eigenvalue weighted by Gasteiger charge is 2.21. The molecule has 0 unspecified atom stereocenters. The lowest BCUT2D eigenvalue weighted by Crippen LogP contribution is -2.25. The Bertz CT molecular complexity index is 989. The van der Waals surface area contributed by atoms with Gasteiger partial charge in [0.05, 0.1) is 6.42 Å². The SMILES string of the molecule is C[C@@H](OC(=O)Cc1cccc2ccccc12)C(=O)c1ccc(C(C)(C)C)cc1. The van der Waals surface area contributed by atoms with Crippen LogP contribution in [0.5, 0.6) is 0 Å². The van der Waals surface area contributed by atoms with Gasteiger partial charge >= 0.3 is 5.97 Å². The molecule has 0 N–H and O–H groups in total. The van der Waals surface area contributed by atoms with Crippen molar-refractivity contribution in [2.45, 2.75) is 45.6 Å². The minimum atomic E-state index is -0.817. The molecule has 0 aliphatic rings. The van der Waals surface area contributed by atoms with Crippen LogP contribution in [-0.4, -0.2) is 17.9 Å². The van der Waals surface area contributed by atoms with Gasteiger partial charge in [-0.25, -0.2) is 0 Å². The fraction of sp³-hybridized carbons (Fsp3) is 0.280. The molecule has 0 amide bonds. The zero-order valence-corrected chi connectivity index (χ0v) is 16.9. The molecule has 3 aromatic rings. The van der Waals surface area contributed by atoms with Crippen LogP contribution in [0.4, 0.5) is 0 Å². The average molecular weight is 374 g/mol. The largest absolute Gasteiger partial charge is 0.454 e. The van der Waals surface area contributed by atoms with E-state index in [-0.39, 0.29) is 17.6 Å². The number of ketones is 1. The third-order valence-corrected chi connectivity index (χ3v) is 4.93. The predicted molar refractivity (Wildman–Crippen MR) is 113 cm³/mol. The molecule has 0 saturated heterocycles. The first-order valence-electron chi connectivity index (χ1n) is 9.56. The number of fused-ring (bicyclic) bond motifs is 1. The highest BCUT2D eigenvalue weighted by Crippen LogP contribution is 2.23. The van der Waals surface area contributed by atoms with Gasteiger partial charge in [-0.2, -0.15) is 0 Å². The fourth-order valence-corrected chi connectivity index (χ4v) is 3.26. The van der Waals surface area contributed by atoms with E-state index in [2.05, 4.69) is 20.8 Å². The molecule has 3 heteroatoms. The van der Waals surface area contributed by atoms with Crippen molar-refractivity contribution in [3.63, 3.8) is 0 Å². The highest BCUT2D eigenvalue weighted by molar-refractivity contribution is 6.00. The number of benzene rings is 3. The van der Waals surface area contributed by atoms with E-state index in [1.807, 2.05) is 54.6 Å². The van der Waals surface area contributed by atoms with Crippen molar-refractivity contribution in [1.82, 2.24) is 0 Å². The molecule has 1 atom stereocenters. The van der Waals surface area contributed by atoms with E-state index in [9.17, 15) is 9.59 Å². The van der Waals surface area contributed by atoms with Gasteiger partial charge in [-0.05, 0) is 34.2 Å². The van der Waals surface area contributed by atoms with Gasteiger partial charge in [0.2, 0.25) is 5.78 Å². The summed E-state index contributed by atoms with van der Waals surface area (Å²) < 4.78 is 5.43. The van der Waals surface area contributed by atoms with Crippen LogP contribution in [0.25, 0.3) is 10.8 Å². The van der Waals surface area contributed by atoms with Crippen molar-refractivity contribution >= 4 is 22.5 Å². The van der Waals surface area contributed by atoms with Crippen molar-refractivity contribution in [3.05, 3.63) is 83.4 Å². The second kappa shape index (κ2) is 7.97. The van der Waals surface area contributed by atoms with E-state index in [4.69, 9.17) is 4.74 Å². The van der Waals surface area contributed by atoms with E-state index in [0.29, 0.717) is 5.56 Å². The van der Waals surface area contributed by atoms with Crippen LogP contribution in [0.3, 0.4) is 0 Å². The Kier molecular flexibility index (Phi) is 5.64. The number of ether oxygens (including phenoxy) is 1. The lowest BCUT2D eigenvalue weighted by atomic mass is 9.86. The molecule has 0 radical (unpaired) electrons. The first-order chi connectivity index (χ1) is 13.3. The summed E-state index contributed by atoms with van der Waals surface area (Å²) in [6.45, 7) is 8.01. The van der Waals surface area contributed by atoms with Gasteiger partial charge in [0.25, 0.3) is 0 Å². The van der Waals surface area contributed by atoms with Gasteiger partial charge in [-0.1, -0.05) is 87.5 Å². The molecule has 0 spiro atoms. The van der Waals surface area contributed by atoms with E-state index < -0.39 is 12.1 Å².